The minimum Gasteiger partial charge on any atom is -0.370 e. The zero-order valence-corrected chi connectivity index (χ0v) is 26.4. The van der Waals surface area contributed by atoms with Crippen molar-refractivity contribution in [3.8, 4) is 0 Å². The predicted molar refractivity (Wildman–Crippen MR) is 168 cm³/mol. The van der Waals surface area contributed by atoms with Crippen LogP contribution in [0, 0.1) is 17.8 Å². The number of amidine groups is 1. The predicted octanol–water partition coefficient (Wildman–Crippen LogP) is 6.77. The molecule has 0 bridgehead atoms. The van der Waals surface area contributed by atoms with Crippen LogP contribution in [0.1, 0.15) is 90.5 Å². The van der Waals surface area contributed by atoms with E-state index < -0.39 is 0 Å². The third-order valence-corrected chi connectivity index (χ3v) is 11.1. The Morgan fingerprint density at radius 3 is 2.55 bits per heavy atom. The molecule has 1 saturated carbocycles. The monoisotopic (exact) mass is 552 g/mol. The van der Waals surface area contributed by atoms with Gasteiger partial charge in [0.25, 0.3) is 0 Å². The topological polar surface area (TPSA) is 30.9 Å². The van der Waals surface area contributed by atoms with Crippen molar-refractivity contribution in [1.29, 1.82) is 0 Å². The smallest absolute Gasteiger partial charge is 0.171 e. The Hall–Kier alpha value is -1.40. The summed E-state index contributed by atoms with van der Waals surface area (Å²) in [6.07, 6.45) is 13.9. The molecule has 0 aromatic heterocycles. The number of unbranched alkanes of at least 4 members (excludes halogenated alkanes) is 1. The van der Waals surface area contributed by atoms with Gasteiger partial charge in [0.2, 0.25) is 0 Å². The molecule has 1 aromatic carbocycles. The Balaban J connectivity index is 1.20. The first kappa shape index (κ1) is 29.6. The molecule has 1 aromatic rings. The van der Waals surface area contributed by atoms with E-state index in [-0.39, 0.29) is 5.16 Å². The summed E-state index contributed by atoms with van der Waals surface area (Å²) >= 11 is 6.10. The molecule has 6 heteroatoms. The molecule has 0 amide bonds. The first-order chi connectivity index (χ1) is 18.4. The minimum atomic E-state index is 0.192. The maximum atomic E-state index is 6.10. The van der Waals surface area contributed by atoms with Gasteiger partial charge in [-0.25, -0.2) is 0 Å². The summed E-state index contributed by atoms with van der Waals surface area (Å²) < 4.78 is 0. The maximum absolute atomic E-state index is 6.10. The highest BCUT2D eigenvalue weighted by atomic mass is 32.1. The summed E-state index contributed by atoms with van der Waals surface area (Å²) in [7, 11) is 0.875. The van der Waals surface area contributed by atoms with E-state index in [1.807, 2.05) is 0 Å². The van der Waals surface area contributed by atoms with Crippen LogP contribution in [0.15, 0.2) is 35.3 Å². The van der Waals surface area contributed by atoms with Gasteiger partial charge in [0, 0.05) is 37.3 Å². The number of aryl methyl sites for hydroxylation is 1. The quantitative estimate of drug-likeness (QED) is 0.157. The Labute approximate surface area is 241 Å². The number of rotatable bonds is 14. The van der Waals surface area contributed by atoms with Crippen LogP contribution < -0.4 is 5.32 Å². The molecule has 2 fully saturated rings. The summed E-state index contributed by atoms with van der Waals surface area (Å²) in [5.41, 5.74) is 1.43. The lowest BCUT2D eigenvalue weighted by molar-refractivity contribution is 0.210. The number of nitrogens with one attached hydrogen (secondary N) is 1. The fourth-order valence-corrected chi connectivity index (χ4v) is 8.01. The van der Waals surface area contributed by atoms with Gasteiger partial charge in [-0.3, -0.25) is 4.99 Å². The molecule has 2 radical (unpaired) electrons. The number of hydrogen-bond acceptors (Lipinski definition) is 3. The van der Waals surface area contributed by atoms with E-state index in [9.17, 15) is 0 Å². The van der Waals surface area contributed by atoms with Crippen LogP contribution in [0.5, 0.6) is 0 Å². The van der Waals surface area contributed by atoms with Gasteiger partial charge in [-0.1, -0.05) is 70.5 Å². The van der Waals surface area contributed by atoms with Crippen molar-refractivity contribution >= 4 is 32.7 Å². The fourth-order valence-electron chi connectivity index (χ4n) is 6.69. The summed E-state index contributed by atoms with van der Waals surface area (Å²) in [4.78, 5) is 10.1. The second-order valence-corrected chi connectivity index (χ2v) is 14.6. The van der Waals surface area contributed by atoms with Crippen LogP contribution >= 0.6 is 12.2 Å². The van der Waals surface area contributed by atoms with E-state index in [4.69, 9.17) is 17.2 Å². The van der Waals surface area contributed by atoms with E-state index >= 15 is 0 Å². The van der Waals surface area contributed by atoms with E-state index in [1.165, 1.54) is 75.7 Å². The molecule has 2 aliphatic heterocycles. The van der Waals surface area contributed by atoms with Crippen LogP contribution in [0.25, 0.3) is 0 Å². The molecule has 2 heterocycles. The number of nitrogens with zero attached hydrogens (tertiary/aromatic N) is 3. The minimum absolute atomic E-state index is 0.192. The van der Waals surface area contributed by atoms with Gasteiger partial charge >= 0.3 is 0 Å². The lowest BCUT2D eigenvalue weighted by atomic mass is 9.82. The molecule has 4 rings (SSSR count). The average molecular weight is 553 g/mol. The van der Waals surface area contributed by atoms with Crippen molar-refractivity contribution in [3.63, 3.8) is 0 Å². The number of hydrogen-bond donors (Lipinski definition) is 1. The van der Waals surface area contributed by atoms with Crippen molar-refractivity contribution in [2.45, 2.75) is 109 Å². The third kappa shape index (κ3) is 8.30. The highest BCUT2D eigenvalue weighted by Crippen LogP contribution is 2.32. The van der Waals surface area contributed by atoms with Gasteiger partial charge in [-0.05, 0) is 86.9 Å². The van der Waals surface area contributed by atoms with Crippen LogP contribution in [-0.4, -0.2) is 67.7 Å². The Morgan fingerprint density at radius 2 is 1.84 bits per heavy atom. The number of thiocarbonyl (C=S) groups is 1. The van der Waals surface area contributed by atoms with E-state index in [2.05, 4.69) is 72.8 Å². The summed E-state index contributed by atoms with van der Waals surface area (Å²) in [6.45, 7) is 13.9. The van der Waals surface area contributed by atoms with Gasteiger partial charge in [-0.15, -0.1) is 0 Å². The molecule has 1 saturated heterocycles. The molecule has 210 valence electrons. The molecule has 1 N–H and O–H groups in total. The van der Waals surface area contributed by atoms with Gasteiger partial charge in [0.15, 0.2) is 5.11 Å². The van der Waals surface area contributed by atoms with Crippen LogP contribution in [0.4, 0.5) is 0 Å². The molecular weight excluding hydrogens is 501 g/mol. The third-order valence-electron chi connectivity index (χ3n) is 9.13. The first-order valence-electron chi connectivity index (χ1n) is 15.5. The van der Waals surface area contributed by atoms with Gasteiger partial charge in [0.1, 0.15) is 0 Å². The Kier molecular flexibility index (Phi) is 11.1. The molecular formula is C32H52N4SSi. The summed E-state index contributed by atoms with van der Waals surface area (Å²) in [5, 5.41) is 5.21. The highest BCUT2D eigenvalue weighted by Gasteiger charge is 2.37. The average Bonchev–Trinajstić information content (AvgIpc) is 3.45. The molecule has 1 aliphatic carbocycles. The molecule has 2 atom stereocenters. The highest BCUT2D eigenvalue weighted by molar-refractivity contribution is 7.80. The molecule has 38 heavy (non-hydrogen) atoms. The molecule has 0 unspecified atom stereocenters. The lowest BCUT2D eigenvalue weighted by Crippen LogP contribution is -2.50. The van der Waals surface area contributed by atoms with E-state index in [0.29, 0.717) is 6.04 Å². The standard InChI is InChI=1S/C32H52N4SSi/c1-25(2)21-29-23-35(31(37)36(29)22-28-17-15-26(3)16-18-28)20-9-8-19-32(38-4)24-33-30(34-32)14-10-13-27-11-6-5-7-12-27/h5-7,11-12,25-26,28-29H,8-10,13-24H2,1-4H3,(H,33,34)/t26?,28?,29-,32-/m1/s1. The van der Waals surface area contributed by atoms with Crippen molar-refractivity contribution in [1.82, 2.24) is 15.1 Å². The van der Waals surface area contributed by atoms with Crippen molar-refractivity contribution in [2.75, 3.05) is 26.2 Å². The largest absolute Gasteiger partial charge is 0.370 e. The Morgan fingerprint density at radius 1 is 1.08 bits per heavy atom. The summed E-state index contributed by atoms with van der Waals surface area (Å²) in [6, 6.07) is 11.4. The van der Waals surface area contributed by atoms with Gasteiger partial charge in [-0.2, -0.15) is 0 Å². The van der Waals surface area contributed by atoms with Crippen molar-refractivity contribution < 1.29 is 0 Å². The maximum Gasteiger partial charge on any atom is 0.171 e. The number of benzene rings is 1. The van der Waals surface area contributed by atoms with Crippen molar-refractivity contribution in [2.24, 2.45) is 22.7 Å². The number of aliphatic imine (C=N–C) groups is 1. The zero-order chi connectivity index (χ0) is 27.0. The van der Waals surface area contributed by atoms with Gasteiger partial charge < -0.3 is 15.1 Å². The van der Waals surface area contributed by atoms with E-state index in [1.54, 1.807) is 0 Å². The van der Waals surface area contributed by atoms with Crippen LogP contribution in [0.2, 0.25) is 6.55 Å². The normalized spacial score (nSPS) is 27.8. The second-order valence-electron chi connectivity index (χ2n) is 12.8. The zero-order valence-electron chi connectivity index (χ0n) is 24.6. The molecule has 0 spiro atoms. The second kappa shape index (κ2) is 14.3. The van der Waals surface area contributed by atoms with Crippen LogP contribution in [0.3, 0.4) is 0 Å². The van der Waals surface area contributed by atoms with E-state index in [0.717, 1.165) is 64.9 Å². The lowest BCUT2D eigenvalue weighted by Gasteiger charge is -2.33. The van der Waals surface area contributed by atoms with Crippen molar-refractivity contribution in [3.05, 3.63) is 35.9 Å². The SMILES string of the molecule is C[Si][C@]1(CCCCN2C[C@@H](CC(C)C)N(CC3CCC(C)CC3)C2=S)CN=C(CCCc2ccccc2)N1. The summed E-state index contributed by atoms with van der Waals surface area (Å²) in [5.74, 6) is 3.70. The molecule has 3 aliphatic rings. The first-order valence-corrected chi connectivity index (χ1v) is 17.4. The fraction of sp³-hybridized carbons (Fsp3) is 0.750. The Bertz CT molecular complexity index is 898. The van der Waals surface area contributed by atoms with Crippen LogP contribution in [-0.2, 0) is 6.42 Å². The van der Waals surface area contributed by atoms with Gasteiger partial charge in [0.05, 0.1) is 21.9 Å². The molecule has 4 nitrogen and oxygen atoms in total.